The van der Waals surface area contributed by atoms with Crippen LogP contribution in [0.1, 0.15) is 41.5 Å². The van der Waals surface area contributed by atoms with Gasteiger partial charge in [0.05, 0.1) is 6.61 Å². The van der Waals surface area contributed by atoms with Crippen LogP contribution in [0.2, 0.25) is 0 Å². The summed E-state index contributed by atoms with van der Waals surface area (Å²) < 4.78 is 42.1. The summed E-state index contributed by atoms with van der Waals surface area (Å²) in [7, 11) is 0. The molecule has 0 radical (unpaired) electrons. The minimum Gasteiger partial charge on any atom is -0.463 e. The maximum Gasteiger partial charge on any atom is 0.303 e. The van der Waals surface area contributed by atoms with Gasteiger partial charge in [0.25, 0.3) is 0 Å². The second-order valence-electron chi connectivity index (χ2n) is 7.44. The maximum atomic E-state index is 11.8. The summed E-state index contributed by atoms with van der Waals surface area (Å²) in [6.07, 6.45) is -7.94. The summed E-state index contributed by atoms with van der Waals surface area (Å²) in [4.78, 5) is 69.2. The van der Waals surface area contributed by atoms with Crippen LogP contribution in [0.15, 0.2) is 0 Å². The van der Waals surface area contributed by atoms with Crippen molar-refractivity contribution in [2.75, 3.05) is 19.8 Å². The summed E-state index contributed by atoms with van der Waals surface area (Å²) in [5.74, 6) is -4.37. The molecule has 0 spiro atoms. The van der Waals surface area contributed by atoms with Crippen LogP contribution in [-0.4, -0.2) is 92.4 Å². The van der Waals surface area contributed by atoms with Gasteiger partial charge in [-0.25, -0.2) is 0 Å². The molecule has 0 aliphatic carbocycles. The molecule has 0 aromatic heterocycles. The highest BCUT2D eigenvalue weighted by atomic mass is 16.7. The normalized spacial score (nSPS) is 24.3. The molecule has 0 bridgehead atoms. The monoisotopic (exact) mass is 506 g/mol. The van der Waals surface area contributed by atoms with Crippen LogP contribution in [0.5, 0.6) is 0 Å². The topological polar surface area (TPSA) is 176 Å². The van der Waals surface area contributed by atoms with Gasteiger partial charge in [0.1, 0.15) is 19.3 Å². The zero-order valence-corrected chi connectivity index (χ0v) is 20.3. The molecule has 1 heterocycles. The summed E-state index contributed by atoms with van der Waals surface area (Å²) in [6.45, 7) is 5.50. The molecular formula is C21H30O14. The van der Waals surface area contributed by atoms with E-state index in [1.165, 1.54) is 0 Å². The number of ether oxygens (including phenoxy) is 8. The van der Waals surface area contributed by atoms with Crippen molar-refractivity contribution >= 4 is 35.8 Å². The standard InChI is InChI=1S/C21H30O14/c1-10(22)28-7-16(31-12(3)24)8-30-21-20(34-15(6)27)19(33-14(5)26)18(32-13(4)25)17(35-21)9-29-11(2)23/h16-21H,7-9H2,1-6H3/t16?,17-,18+,19+,20-,21-/m1/s1. The van der Waals surface area contributed by atoms with Crippen molar-refractivity contribution in [2.24, 2.45) is 0 Å². The largest absolute Gasteiger partial charge is 0.463 e. The molecule has 1 aliphatic heterocycles. The van der Waals surface area contributed by atoms with E-state index in [1.807, 2.05) is 0 Å². The molecule has 14 nitrogen and oxygen atoms in total. The third kappa shape index (κ3) is 11.1. The third-order valence-corrected chi connectivity index (χ3v) is 4.20. The number of hydrogen-bond donors (Lipinski definition) is 0. The molecule has 198 valence electrons. The molecule has 1 unspecified atom stereocenters. The molecule has 14 heteroatoms. The van der Waals surface area contributed by atoms with Gasteiger partial charge in [-0.3, -0.25) is 28.8 Å². The molecule has 0 amide bonds. The second-order valence-corrected chi connectivity index (χ2v) is 7.44. The molecular weight excluding hydrogens is 476 g/mol. The minimum absolute atomic E-state index is 0.347. The zero-order valence-electron chi connectivity index (χ0n) is 20.3. The van der Waals surface area contributed by atoms with Crippen molar-refractivity contribution in [3.63, 3.8) is 0 Å². The van der Waals surface area contributed by atoms with Gasteiger partial charge in [-0.15, -0.1) is 0 Å². The van der Waals surface area contributed by atoms with E-state index in [0.29, 0.717) is 0 Å². The number of carbonyl (C=O) groups excluding carboxylic acids is 6. The van der Waals surface area contributed by atoms with Gasteiger partial charge < -0.3 is 37.9 Å². The molecule has 0 saturated carbocycles. The number of rotatable bonds is 11. The van der Waals surface area contributed by atoms with Gasteiger partial charge in [0.2, 0.25) is 0 Å². The lowest BCUT2D eigenvalue weighted by Gasteiger charge is -2.44. The van der Waals surface area contributed by atoms with E-state index in [4.69, 9.17) is 37.9 Å². The first-order chi connectivity index (χ1) is 16.3. The van der Waals surface area contributed by atoms with Crippen LogP contribution in [-0.2, 0) is 66.7 Å². The van der Waals surface area contributed by atoms with Gasteiger partial charge >= 0.3 is 35.8 Å². The van der Waals surface area contributed by atoms with E-state index in [2.05, 4.69) is 0 Å². The lowest BCUT2D eigenvalue weighted by atomic mass is 9.98. The molecule has 6 atom stereocenters. The SMILES string of the molecule is CC(=O)OCC(CO[C@@H]1O[C@H](COC(C)=O)[C@H](OC(C)=O)[C@H](OC(C)=O)[C@H]1OC(C)=O)OC(C)=O. The first-order valence-corrected chi connectivity index (χ1v) is 10.5. The molecule has 35 heavy (non-hydrogen) atoms. The highest BCUT2D eigenvalue weighted by Gasteiger charge is 2.53. The van der Waals surface area contributed by atoms with Crippen LogP contribution >= 0.6 is 0 Å². The fourth-order valence-corrected chi connectivity index (χ4v) is 3.09. The molecule has 0 aromatic carbocycles. The van der Waals surface area contributed by atoms with Crippen molar-refractivity contribution in [2.45, 2.75) is 78.4 Å². The zero-order chi connectivity index (χ0) is 26.7. The fraction of sp³-hybridized carbons (Fsp3) is 0.714. The molecule has 1 fully saturated rings. The minimum atomic E-state index is -1.47. The van der Waals surface area contributed by atoms with Gasteiger partial charge in [-0.2, -0.15) is 0 Å². The quantitative estimate of drug-likeness (QED) is 0.261. The summed E-state index contributed by atoms with van der Waals surface area (Å²) >= 11 is 0. The Bertz CT molecular complexity index is 793. The van der Waals surface area contributed by atoms with Crippen LogP contribution in [0.25, 0.3) is 0 Å². The van der Waals surface area contributed by atoms with Gasteiger partial charge in [0, 0.05) is 41.5 Å². The summed E-state index contributed by atoms with van der Waals surface area (Å²) in [6, 6.07) is 0. The van der Waals surface area contributed by atoms with Crippen molar-refractivity contribution in [3.05, 3.63) is 0 Å². The third-order valence-electron chi connectivity index (χ3n) is 4.20. The highest BCUT2D eigenvalue weighted by molar-refractivity contribution is 5.69. The Labute approximate surface area is 201 Å². The Morgan fingerprint density at radius 2 is 1.14 bits per heavy atom. The van der Waals surface area contributed by atoms with E-state index in [1.54, 1.807) is 0 Å². The van der Waals surface area contributed by atoms with Crippen LogP contribution in [0, 0.1) is 0 Å². The van der Waals surface area contributed by atoms with E-state index in [9.17, 15) is 28.8 Å². The Hall–Kier alpha value is -3.26. The predicted octanol–water partition coefficient (Wildman–Crippen LogP) is -0.419. The molecule has 1 rings (SSSR count). The molecule has 0 aromatic rings. The number of hydrogen-bond acceptors (Lipinski definition) is 14. The van der Waals surface area contributed by atoms with E-state index >= 15 is 0 Å². The highest BCUT2D eigenvalue weighted by Crippen LogP contribution is 2.30. The Morgan fingerprint density at radius 3 is 1.63 bits per heavy atom. The average Bonchev–Trinajstić information content (AvgIpc) is 2.70. The van der Waals surface area contributed by atoms with Gasteiger partial charge in [-0.05, 0) is 0 Å². The van der Waals surface area contributed by atoms with Crippen LogP contribution < -0.4 is 0 Å². The molecule has 0 N–H and O–H groups in total. The number of esters is 6. The van der Waals surface area contributed by atoms with E-state index in [0.717, 1.165) is 41.5 Å². The van der Waals surface area contributed by atoms with Crippen molar-refractivity contribution < 1.29 is 66.7 Å². The fourth-order valence-electron chi connectivity index (χ4n) is 3.09. The Balaban J connectivity index is 3.27. The molecule has 1 aliphatic rings. The number of carbonyl (C=O) groups is 6. The Morgan fingerprint density at radius 1 is 0.629 bits per heavy atom. The molecule has 1 saturated heterocycles. The van der Waals surface area contributed by atoms with Crippen molar-refractivity contribution in [1.82, 2.24) is 0 Å². The summed E-state index contributed by atoms with van der Waals surface area (Å²) in [5, 5.41) is 0. The second kappa shape index (κ2) is 14.2. The maximum absolute atomic E-state index is 11.8. The van der Waals surface area contributed by atoms with E-state index < -0.39 is 85.8 Å². The smallest absolute Gasteiger partial charge is 0.303 e. The summed E-state index contributed by atoms with van der Waals surface area (Å²) in [5.41, 5.74) is 0. The average molecular weight is 506 g/mol. The van der Waals surface area contributed by atoms with Crippen molar-refractivity contribution in [1.29, 1.82) is 0 Å². The van der Waals surface area contributed by atoms with E-state index in [-0.39, 0.29) is 6.61 Å². The van der Waals surface area contributed by atoms with Crippen LogP contribution in [0.4, 0.5) is 0 Å². The van der Waals surface area contributed by atoms with Gasteiger partial charge in [0.15, 0.2) is 30.7 Å². The lowest BCUT2D eigenvalue weighted by molar-refractivity contribution is -0.311. The first-order valence-electron chi connectivity index (χ1n) is 10.5. The van der Waals surface area contributed by atoms with Crippen LogP contribution in [0.3, 0.4) is 0 Å². The Kier molecular flexibility index (Phi) is 12.1. The predicted molar refractivity (Wildman–Crippen MR) is 110 cm³/mol. The van der Waals surface area contributed by atoms with Crippen molar-refractivity contribution in [3.8, 4) is 0 Å². The van der Waals surface area contributed by atoms with Gasteiger partial charge in [-0.1, -0.05) is 0 Å². The first kappa shape index (κ1) is 29.8. The lowest BCUT2D eigenvalue weighted by Crippen LogP contribution is -2.63.